The number of imide groups is 1. The normalized spacial score (nSPS) is 13.3. The average Bonchev–Trinajstić information content (AvgIpc) is 2.92. The number of anilines is 1. The van der Waals surface area contributed by atoms with Crippen molar-refractivity contribution in [2.24, 2.45) is 0 Å². The van der Waals surface area contributed by atoms with E-state index in [1.165, 1.54) is 6.08 Å². The molecule has 2 amide bonds. The van der Waals surface area contributed by atoms with E-state index >= 15 is 0 Å². The zero-order valence-electron chi connectivity index (χ0n) is 14.5. The number of unbranched alkanes of at least 4 members (excludes halogenated alkanes) is 1. The Hall–Kier alpha value is -3.21. The van der Waals surface area contributed by atoms with Crippen molar-refractivity contribution in [1.29, 1.82) is 0 Å². The van der Waals surface area contributed by atoms with Crippen molar-refractivity contribution < 1.29 is 19.1 Å². The minimum atomic E-state index is -0.386. The molecule has 0 N–H and O–H groups in total. The van der Waals surface area contributed by atoms with Crippen LogP contribution in [0.3, 0.4) is 0 Å². The Morgan fingerprint density at radius 1 is 1.00 bits per heavy atom. The van der Waals surface area contributed by atoms with E-state index in [2.05, 4.69) is 0 Å². The van der Waals surface area contributed by atoms with Crippen LogP contribution in [0.15, 0.2) is 54.6 Å². The van der Waals surface area contributed by atoms with Gasteiger partial charge in [0.1, 0.15) is 0 Å². The van der Waals surface area contributed by atoms with Crippen molar-refractivity contribution in [2.75, 3.05) is 11.5 Å². The molecule has 2 aromatic carbocycles. The molecule has 0 aliphatic carbocycles. The number of hydrogen-bond donors (Lipinski definition) is 0. The lowest BCUT2D eigenvalue weighted by Crippen LogP contribution is -2.29. The SMILES string of the molecule is CCCCOC(=O)/C=C/c1ccc(N2C(=O)c3ccccc3C2=O)cc1. The second-order valence-electron chi connectivity index (χ2n) is 5.94. The van der Waals surface area contributed by atoms with Crippen LogP contribution in [0.1, 0.15) is 46.0 Å². The van der Waals surface area contributed by atoms with Gasteiger partial charge in [0, 0.05) is 6.08 Å². The first-order valence-corrected chi connectivity index (χ1v) is 8.54. The van der Waals surface area contributed by atoms with Gasteiger partial charge in [-0.25, -0.2) is 9.69 Å². The fourth-order valence-corrected chi connectivity index (χ4v) is 2.69. The Kier molecular flexibility index (Phi) is 5.27. The summed E-state index contributed by atoms with van der Waals surface area (Å²) in [5.41, 5.74) is 2.10. The first-order valence-electron chi connectivity index (χ1n) is 8.54. The molecule has 0 saturated heterocycles. The molecule has 1 aliphatic heterocycles. The third-order valence-corrected chi connectivity index (χ3v) is 4.10. The van der Waals surface area contributed by atoms with Crippen molar-refractivity contribution in [2.45, 2.75) is 19.8 Å². The molecule has 1 aliphatic rings. The van der Waals surface area contributed by atoms with Gasteiger partial charge in [-0.2, -0.15) is 0 Å². The maximum atomic E-state index is 12.5. The maximum absolute atomic E-state index is 12.5. The summed E-state index contributed by atoms with van der Waals surface area (Å²) >= 11 is 0. The summed E-state index contributed by atoms with van der Waals surface area (Å²) in [6.45, 7) is 2.44. The van der Waals surface area contributed by atoms with Crippen molar-refractivity contribution in [3.05, 3.63) is 71.3 Å². The number of carbonyl (C=O) groups excluding carboxylic acids is 3. The van der Waals surface area contributed by atoms with Gasteiger partial charge in [-0.05, 0) is 42.3 Å². The molecule has 0 radical (unpaired) electrons. The highest BCUT2D eigenvalue weighted by atomic mass is 16.5. The summed E-state index contributed by atoms with van der Waals surface area (Å²) in [6, 6.07) is 13.6. The number of ether oxygens (including phenoxy) is 1. The quantitative estimate of drug-likeness (QED) is 0.344. The van der Waals surface area contributed by atoms with Crippen LogP contribution in [0.4, 0.5) is 5.69 Å². The Morgan fingerprint density at radius 2 is 1.62 bits per heavy atom. The Morgan fingerprint density at radius 3 is 2.19 bits per heavy atom. The second-order valence-corrected chi connectivity index (χ2v) is 5.94. The van der Waals surface area contributed by atoms with Crippen LogP contribution in [-0.4, -0.2) is 24.4 Å². The highest BCUT2D eigenvalue weighted by Crippen LogP contribution is 2.28. The number of esters is 1. The number of carbonyl (C=O) groups is 3. The number of benzene rings is 2. The van der Waals surface area contributed by atoms with E-state index in [1.807, 2.05) is 6.92 Å². The maximum Gasteiger partial charge on any atom is 0.330 e. The Labute approximate surface area is 151 Å². The van der Waals surface area contributed by atoms with Crippen molar-refractivity contribution in [3.63, 3.8) is 0 Å². The summed E-state index contributed by atoms with van der Waals surface area (Å²) in [5.74, 6) is -1.04. The van der Waals surface area contributed by atoms with Gasteiger partial charge in [0.2, 0.25) is 0 Å². The Balaban J connectivity index is 1.70. The first-order chi connectivity index (χ1) is 12.6. The van der Waals surface area contributed by atoms with E-state index in [9.17, 15) is 14.4 Å². The molecule has 0 saturated carbocycles. The average molecular weight is 349 g/mol. The van der Waals surface area contributed by atoms with Crippen LogP contribution < -0.4 is 4.90 Å². The third kappa shape index (κ3) is 3.57. The number of rotatable bonds is 6. The molecule has 0 atom stereocenters. The topological polar surface area (TPSA) is 63.7 Å². The summed E-state index contributed by atoms with van der Waals surface area (Å²) in [4.78, 5) is 37.7. The molecule has 0 aromatic heterocycles. The lowest BCUT2D eigenvalue weighted by molar-refractivity contribution is -0.137. The lowest BCUT2D eigenvalue weighted by atomic mass is 10.1. The predicted molar refractivity (Wildman–Crippen MR) is 98.9 cm³/mol. The predicted octanol–water partition coefficient (Wildman–Crippen LogP) is 3.84. The van der Waals surface area contributed by atoms with Gasteiger partial charge < -0.3 is 4.74 Å². The van der Waals surface area contributed by atoms with Crippen molar-refractivity contribution >= 4 is 29.5 Å². The van der Waals surface area contributed by atoms with E-state index in [0.717, 1.165) is 23.3 Å². The van der Waals surface area contributed by atoms with Crippen LogP contribution in [0.2, 0.25) is 0 Å². The largest absolute Gasteiger partial charge is 0.463 e. The molecule has 2 aromatic rings. The van der Waals surface area contributed by atoms with Crippen LogP contribution in [0, 0.1) is 0 Å². The van der Waals surface area contributed by atoms with E-state index in [1.54, 1.807) is 54.6 Å². The van der Waals surface area contributed by atoms with Crippen LogP contribution in [0.25, 0.3) is 6.08 Å². The van der Waals surface area contributed by atoms with E-state index in [4.69, 9.17) is 4.74 Å². The van der Waals surface area contributed by atoms with Gasteiger partial charge in [0.05, 0.1) is 23.4 Å². The van der Waals surface area contributed by atoms with E-state index in [-0.39, 0.29) is 17.8 Å². The number of nitrogens with zero attached hydrogens (tertiary/aromatic N) is 1. The van der Waals surface area contributed by atoms with Crippen molar-refractivity contribution in [3.8, 4) is 0 Å². The molecule has 132 valence electrons. The molecular weight excluding hydrogens is 330 g/mol. The minimum Gasteiger partial charge on any atom is -0.463 e. The molecule has 5 nitrogen and oxygen atoms in total. The fourth-order valence-electron chi connectivity index (χ4n) is 2.69. The summed E-state index contributed by atoms with van der Waals surface area (Å²) < 4.78 is 5.05. The molecule has 26 heavy (non-hydrogen) atoms. The zero-order valence-corrected chi connectivity index (χ0v) is 14.5. The smallest absolute Gasteiger partial charge is 0.330 e. The van der Waals surface area contributed by atoms with Crippen LogP contribution in [-0.2, 0) is 9.53 Å². The molecule has 0 bridgehead atoms. The fraction of sp³-hybridized carbons (Fsp3) is 0.190. The summed E-state index contributed by atoms with van der Waals surface area (Å²) in [7, 11) is 0. The lowest BCUT2D eigenvalue weighted by Gasteiger charge is -2.13. The van der Waals surface area contributed by atoms with Gasteiger partial charge in [0.15, 0.2) is 0 Å². The van der Waals surface area contributed by atoms with Gasteiger partial charge in [-0.3, -0.25) is 9.59 Å². The molecule has 0 unspecified atom stereocenters. The van der Waals surface area contributed by atoms with Gasteiger partial charge in [-0.1, -0.05) is 37.6 Å². The number of fused-ring (bicyclic) bond motifs is 1. The van der Waals surface area contributed by atoms with Crippen LogP contribution >= 0.6 is 0 Å². The number of amides is 2. The Bertz CT molecular complexity index is 833. The van der Waals surface area contributed by atoms with E-state index < -0.39 is 0 Å². The molecule has 0 fully saturated rings. The third-order valence-electron chi connectivity index (χ3n) is 4.10. The highest BCUT2D eigenvalue weighted by Gasteiger charge is 2.36. The van der Waals surface area contributed by atoms with Gasteiger partial charge >= 0.3 is 5.97 Å². The zero-order chi connectivity index (χ0) is 18.5. The monoisotopic (exact) mass is 349 g/mol. The molecule has 5 heteroatoms. The van der Waals surface area contributed by atoms with Crippen LogP contribution in [0.5, 0.6) is 0 Å². The summed E-state index contributed by atoms with van der Waals surface area (Å²) in [5, 5.41) is 0. The van der Waals surface area contributed by atoms with Gasteiger partial charge in [-0.15, -0.1) is 0 Å². The molecule has 3 rings (SSSR count). The minimum absolute atomic E-state index is 0.326. The first kappa shape index (κ1) is 17.6. The summed E-state index contributed by atoms with van der Waals surface area (Å²) in [6.07, 6.45) is 4.82. The van der Waals surface area contributed by atoms with E-state index in [0.29, 0.717) is 23.4 Å². The molecular formula is C21H19NO4. The van der Waals surface area contributed by atoms with Gasteiger partial charge in [0.25, 0.3) is 11.8 Å². The standard InChI is InChI=1S/C21H19NO4/c1-2-3-14-26-19(23)13-10-15-8-11-16(12-9-15)22-20(24)17-6-4-5-7-18(17)21(22)25/h4-13H,2-3,14H2,1H3/b13-10+. The second kappa shape index (κ2) is 7.78. The molecule has 1 heterocycles. The van der Waals surface area contributed by atoms with Crippen molar-refractivity contribution in [1.82, 2.24) is 0 Å². The molecule has 0 spiro atoms. The number of hydrogen-bond acceptors (Lipinski definition) is 4. The highest BCUT2D eigenvalue weighted by molar-refractivity contribution is 6.34.